The van der Waals surface area contributed by atoms with E-state index in [2.05, 4.69) is 29.4 Å². The molecule has 2 rings (SSSR count). The van der Waals surface area contributed by atoms with E-state index < -0.39 is 15.7 Å². The van der Waals surface area contributed by atoms with Gasteiger partial charge in [-0.25, -0.2) is 8.42 Å². The lowest BCUT2D eigenvalue weighted by Crippen LogP contribution is -2.17. The topological polar surface area (TPSA) is 89.0 Å². The van der Waals surface area contributed by atoms with E-state index in [1.54, 1.807) is 19.1 Å². The Morgan fingerprint density at radius 3 is 2.60 bits per heavy atom. The molecule has 0 spiro atoms. The molecule has 8 heteroatoms. The van der Waals surface area contributed by atoms with E-state index in [0.29, 0.717) is 11.6 Å². The highest BCUT2D eigenvalue weighted by Gasteiger charge is 2.22. The number of hydrogen-bond donors (Lipinski definition) is 1. The van der Waals surface area contributed by atoms with Gasteiger partial charge in [-0.05, 0) is 25.0 Å². The van der Waals surface area contributed by atoms with Gasteiger partial charge < -0.3 is 0 Å². The van der Waals surface area contributed by atoms with Crippen LogP contribution < -0.4 is 5.32 Å². The van der Waals surface area contributed by atoms with Crippen molar-refractivity contribution < 1.29 is 13.2 Å². The average Bonchev–Trinajstić information content (AvgIpc) is 3.03. The van der Waals surface area contributed by atoms with E-state index >= 15 is 0 Å². The zero-order chi connectivity index (χ0) is 18.4. The molecule has 0 aliphatic rings. The summed E-state index contributed by atoms with van der Waals surface area (Å²) in [7, 11) is -3.49. The van der Waals surface area contributed by atoms with Crippen LogP contribution in [0.15, 0.2) is 29.2 Å². The van der Waals surface area contributed by atoms with Gasteiger partial charge in [0.15, 0.2) is 9.84 Å². The second-order valence-corrected chi connectivity index (χ2v) is 8.99. The Labute approximate surface area is 152 Å². The SMILES string of the molecule is CCCC(C)c1nnc(NC(=O)c2ccccc2S(=O)(=O)CCC)s1. The normalized spacial score (nSPS) is 12.8. The minimum absolute atomic E-state index is 0.00871. The summed E-state index contributed by atoms with van der Waals surface area (Å²) in [6.45, 7) is 5.97. The molecule has 0 fully saturated rings. The highest BCUT2D eigenvalue weighted by atomic mass is 32.2. The van der Waals surface area contributed by atoms with Crippen molar-refractivity contribution in [1.29, 1.82) is 0 Å². The molecule has 1 amide bonds. The second-order valence-electron chi connectivity index (χ2n) is 5.90. The van der Waals surface area contributed by atoms with Crippen LogP contribution in [0.5, 0.6) is 0 Å². The molecule has 2 aromatic rings. The first-order valence-electron chi connectivity index (χ1n) is 8.35. The Hall–Kier alpha value is -1.80. The van der Waals surface area contributed by atoms with E-state index in [9.17, 15) is 13.2 Å². The molecule has 1 N–H and O–H groups in total. The van der Waals surface area contributed by atoms with Gasteiger partial charge in [0, 0.05) is 5.92 Å². The van der Waals surface area contributed by atoms with Crippen LogP contribution in [-0.2, 0) is 9.84 Å². The number of rotatable bonds is 8. The molecule has 0 aliphatic carbocycles. The van der Waals surface area contributed by atoms with E-state index in [4.69, 9.17) is 0 Å². The zero-order valence-corrected chi connectivity index (χ0v) is 16.3. The fourth-order valence-electron chi connectivity index (χ4n) is 2.51. The Morgan fingerprint density at radius 2 is 1.92 bits per heavy atom. The largest absolute Gasteiger partial charge is 0.296 e. The minimum Gasteiger partial charge on any atom is -0.296 e. The predicted octanol–water partition coefficient (Wildman–Crippen LogP) is 3.88. The first kappa shape index (κ1) is 19.5. The summed E-state index contributed by atoms with van der Waals surface area (Å²) in [4.78, 5) is 12.6. The summed E-state index contributed by atoms with van der Waals surface area (Å²) in [5.41, 5.74) is 0.134. The van der Waals surface area contributed by atoms with Crippen molar-refractivity contribution in [3.8, 4) is 0 Å². The van der Waals surface area contributed by atoms with Gasteiger partial charge >= 0.3 is 0 Å². The number of amides is 1. The summed E-state index contributed by atoms with van der Waals surface area (Å²) in [5, 5.41) is 12.0. The van der Waals surface area contributed by atoms with Gasteiger partial charge in [-0.3, -0.25) is 10.1 Å². The summed E-state index contributed by atoms with van der Waals surface area (Å²) >= 11 is 1.32. The molecule has 0 saturated carbocycles. The summed E-state index contributed by atoms with van der Waals surface area (Å²) in [6, 6.07) is 6.25. The van der Waals surface area contributed by atoms with E-state index in [0.717, 1.165) is 17.8 Å². The third-order valence-corrected chi connectivity index (χ3v) is 6.79. The van der Waals surface area contributed by atoms with Crippen molar-refractivity contribution in [2.45, 2.75) is 50.8 Å². The van der Waals surface area contributed by atoms with Crippen molar-refractivity contribution >= 4 is 32.2 Å². The maximum atomic E-state index is 12.6. The lowest BCUT2D eigenvalue weighted by molar-refractivity contribution is 0.102. The molecule has 1 atom stereocenters. The third kappa shape index (κ3) is 4.85. The van der Waals surface area contributed by atoms with Crippen LogP contribution in [0.3, 0.4) is 0 Å². The zero-order valence-electron chi connectivity index (χ0n) is 14.7. The molecular weight excluding hydrogens is 358 g/mol. The number of aromatic nitrogens is 2. The van der Waals surface area contributed by atoms with Gasteiger partial charge in [0.2, 0.25) is 5.13 Å². The van der Waals surface area contributed by atoms with Crippen molar-refractivity contribution in [2.24, 2.45) is 0 Å². The Balaban J connectivity index is 2.22. The Bertz CT molecular complexity index is 831. The molecule has 6 nitrogen and oxygen atoms in total. The van der Waals surface area contributed by atoms with Crippen LogP contribution in [0.4, 0.5) is 5.13 Å². The molecular formula is C17H23N3O3S2. The smallest absolute Gasteiger partial charge is 0.258 e. The molecule has 25 heavy (non-hydrogen) atoms. The summed E-state index contributed by atoms with van der Waals surface area (Å²) < 4.78 is 24.7. The number of carbonyl (C=O) groups excluding carboxylic acids is 1. The fourth-order valence-corrected chi connectivity index (χ4v) is 4.87. The van der Waals surface area contributed by atoms with Crippen LogP contribution in [0.25, 0.3) is 0 Å². The van der Waals surface area contributed by atoms with Crippen LogP contribution in [-0.4, -0.2) is 30.3 Å². The van der Waals surface area contributed by atoms with Crippen LogP contribution >= 0.6 is 11.3 Å². The number of benzene rings is 1. The number of nitrogens with one attached hydrogen (secondary N) is 1. The predicted molar refractivity (Wildman–Crippen MR) is 100.0 cm³/mol. The quantitative estimate of drug-likeness (QED) is 0.749. The first-order valence-corrected chi connectivity index (χ1v) is 10.8. The maximum absolute atomic E-state index is 12.6. The van der Waals surface area contributed by atoms with Crippen molar-refractivity contribution in [3.05, 3.63) is 34.8 Å². The average molecular weight is 382 g/mol. The monoisotopic (exact) mass is 381 g/mol. The maximum Gasteiger partial charge on any atom is 0.258 e. The summed E-state index contributed by atoms with van der Waals surface area (Å²) in [6.07, 6.45) is 2.54. The van der Waals surface area contributed by atoms with Gasteiger partial charge in [-0.15, -0.1) is 10.2 Å². The first-order chi connectivity index (χ1) is 11.9. The van der Waals surface area contributed by atoms with Gasteiger partial charge in [-0.2, -0.15) is 0 Å². The van der Waals surface area contributed by atoms with Crippen LogP contribution in [0, 0.1) is 0 Å². The Morgan fingerprint density at radius 1 is 1.20 bits per heavy atom. The molecule has 1 aromatic heterocycles. The number of sulfone groups is 1. The van der Waals surface area contributed by atoms with Gasteiger partial charge in [0.1, 0.15) is 5.01 Å². The highest BCUT2D eigenvalue weighted by Crippen LogP contribution is 2.27. The van der Waals surface area contributed by atoms with Gasteiger partial charge in [-0.1, -0.05) is 50.7 Å². The second kappa shape index (κ2) is 8.53. The van der Waals surface area contributed by atoms with Crippen LogP contribution in [0.2, 0.25) is 0 Å². The number of nitrogens with zero attached hydrogens (tertiary/aromatic N) is 2. The number of hydrogen-bond acceptors (Lipinski definition) is 6. The molecule has 1 heterocycles. The lowest BCUT2D eigenvalue weighted by Gasteiger charge is -2.09. The van der Waals surface area contributed by atoms with Gasteiger partial charge in [0.05, 0.1) is 16.2 Å². The van der Waals surface area contributed by atoms with E-state index in [-0.39, 0.29) is 22.1 Å². The molecule has 0 radical (unpaired) electrons. The summed E-state index contributed by atoms with van der Waals surface area (Å²) in [5.74, 6) is -0.194. The number of carbonyl (C=O) groups is 1. The van der Waals surface area contributed by atoms with Crippen LogP contribution in [0.1, 0.15) is 61.3 Å². The highest BCUT2D eigenvalue weighted by molar-refractivity contribution is 7.91. The molecule has 136 valence electrons. The number of anilines is 1. The van der Waals surface area contributed by atoms with E-state index in [1.807, 2.05) is 0 Å². The fraction of sp³-hybridized carbons (Fsp3) is 0.471. The molecule has 0 bridgehead atoms. The standard InChI is InChI=1S/C17H23N3O3S2/c1-4-8-12(3)16-19-20-17(24-16)18-15(21)13-9-6-7-10-14(13)25(22,23)11-5-2/h6-7,9-10,12H,4-5,8,11H2,1-3H3,(H,18,20,21). The molecule has 0 aliphatic heterocycles. The molecule has 0 saturated heterocycles. The van der Waals surface area contributed by atoms with Gasteiger partial charge in [0.25, 0.3) is 5.91 Å². The molecule has 1 aromatic carbocycles. The van der Waals surface area contributed by atoms with Crippen molar-refractivity contribution in [2.75, 3.05) is 11.1 Å². The van der Waals surface area contributed by atoms with Crippen molar-refractivity contribution in [1.82, 2.24) is 10.2 Å². The lowest BCUT2D eigenvalue weighted by atomic mass is 10.1. The van der Waals surface area contributed by atoms with Crippen molar-refractivity contribution in [3.63, 3.8) is 0 Å². The minimum atomic E-state index is -3.49. The Kier molecular flexibility index (Phi) is 6.66. The van der Waals surface area contributed by atoms with E-state index in [1.165, 1.54) is 23.5 Å². The molecule has 1 unspecified atom stereocenters. The third-order valence-electron chi connectivity index (χ3n) is 3.74.